The third-order valence-corrected chi connectivity index (χ3v) is 3.19. The number of rotatable bonds is 5. The first-order chi connectivity index (χ1) is 8.13. The van der Waals surface area contributed by atoms with Gasteiger partial charge in [-0.1, -0.05) is 28.1 Å². The van der Waals surface area contributed by atoms with Crippen molar-refractivity contribution in [3.63, 3.8) is 0 Å². The lowest BCUT2D eigenvalue weighted by Gasteiger charge is -2.21. The molecule has 0 saturated carbocycles. The largest absolute Gasteiger partial charge is 0.383 e. The molecule has 1 aromatic carbocycles. The maximum absolute atomic E-state index is 5.27. The van der Waals surface area contributed by atoms with Crippen molar-refractivity contribution in [2.75, 3.05) is 27.3 Å². The average molecular weight is 317 g/mol. The molecule has 0 amide bonds. The van der Waals surface area contributed by atoms with Crippen molar-refractivity contribution in [2.24, 2.45) is 0 Å². The molecule has 1 aromatic rings. The van der Waals surface area contributed by atoms with Crippen LogP contribution in [0, 0.1) is 0 Å². The predicted molar refractivity (Wildman–Crippen MR) is 78.1 cm³/mol. The third-order valence-electron chi connectivity index (χ3n) is 2.24. The topological polar surface area (TPSA) is 24.5 Å². The lowest BCUT2D eigenvalue weighted by Crippen LogP contribution is -2.38. The van der Waals surface area contributed by atoms with Gasteiger partial charge in [-0.15, -0.1) is 0 Å². The van der Waals surface area contributed by atoms with Gasteiger partial charge < -0.3 is 15.0 Å². The van der Waals surface area contributed by atoms with E-state index in [0.717, 1.165) is 22.7 Å². The van der Waals surface area contributed by atoms with E-state index in [1.54, 1.807) is 7.11 Å². The Balaban J connectivity index is 2.43. The van der Waals surface area contributed by atoms with Gasteiger partial charge in [0.05, 0.1) is 6.61 Å². The quantitative estimate of drug-likeness (QED) is 0.666. The number of benzene rings is 1. The summed E-state index contributed by atoms with van der Waals surface area (Å²) in [7, 11) is 3.65. The molecule has 0 atom stereocenters. The van der Waals surface area contributed by atoms with Gasteiger partial charge in [0.15, 0.2) is 5.11 Å². The number of halogens is 1. The summed E-state index contributed by atoms with van der Waals surface area (Å²) in [5.41, 5.74) is 1.22. The van der Waals surface area contributed by atoms with Crippen LogP contribution < -0.4 is 5.32 Å². The van der Waals surface area contributed by atoms with E-state index >= 15 is 0 Å². The smallest absolute Gasteiger partial charge is 0.169 e. The molecule has 94 valence electrons. The fourth-order valence-electron chi connectivity index (χ4n) is 1.38. The number of methoxy groups -OCH3 is 1. The lowest BCUT2D eigenvalue weighted by atomic mass is 10.2. The number of hydrogen-bond acceptors (Lipinski definition) is 2. The van der Waals surface area contributed by atoms with Crippen LogP contribution >= 0.6 is 28.1 Å². The molecule has 1 N–H and O–H groups in total. The number of hydrogen-bond donors (Lipinski definition) is 1. The Kier molecular flexibility index (Phi) is 6.47. The molecule has 5 heteroatoms. The van der Waals surface area contributed by atoms with Crippen molar-refractivity contribution in [3.8, 4) is 0 Å². The minimum absolute atomic E-state index is 0.658. The molecule has 0 aliphatic rings. The summed E-state index contributed by atoms with van der Waals surface area (Å²) in [6.07, 6.45) is 0. The van der Waals surface area contributed by atoms with Crippen LogP contribution in [0.4, 0.5) is 0 Å². The van der Waals surface area contributed by atoms with Crippen LogP contribution in [0.3, 0.4) is 0 Å². The van der Waals surface area contributed by atoms with Crippen molar-refractivity contribution >= 4 is 33.3 Å². The van der Waals surface area contributed by atoms with E-state index in [1.165, 1.54) is 5.56 Å². The van der Waals surface area contributed by atoms with E-state index in [2.05, 4.69) is 33.4 Å². The minimum Gasteiger partial charge on any atom is -0.383 e. The van der Waals surface area contributed by atoms with E-state index in [1.807, 2.05) is 24.1 Å². The fraction of sp³-hybridized carbons (Fsp3) is 0.417. The molecule has 0 saturated heterocycles. The van der Waals surface area contributed by atoms with Gasteiger partial charge in [-0.3, -0.25) is 0 Å². The zero-order valence-electron chi connectivity index (χ0n) is 10.1. The normalized spacial score (nSPS) is 10.1. The van der Waals surface area contributed by atoms with Gasteiger partial charge in [0.2, 0.25) is 0 Å². The van der Waals surface area contributed by atoms with Crippen LogP contribution in [-0.2, 0) is 11.3 Å². The highest BCUT2D eigenvalue weighted by Crippen LogP contribution is 2.12. The van der Waals surface area contributed by atoms with E-state index in [-0.39, 0.29) is 0 Å². The Morgan fingerprint density at radius 1 is 1.53 bits per heavy atom. The molecule has 0 radical (unpaired) electrons. The summed E-state index contributed by atoms with van der Waals surface area (Å²) in [6.45, 7) is 2.18. The second kappa shape index (κ2) is 7.63. The van der Waals surface area contributed by atoms with Crippen LogP contribution in [0.25, 0.3) is 0 Å². The average Bonchev–Trinajstić information content (AvgIpc) is 2.29. The first kappa shape index (κ1) is 14.4. The number of thiocarbonyl (C=S) groups is 1. The van der Waals surface area contributed by atoms with Gasteiger partial charge in [0.25, 0.3) is 0 Å². The van der Waals surface area contributed by atoms with Crippen LogP contribution in [-0.4, -0.2) is 37.3 Å². The number of ether oxygens (including phenoxy) is 1. The molecule has 0 bridgehead atoms. The first-order valence-electron chi connectivity index (χ1n) is 5.36. The Morgan fingerprint density at radius 3 is 2.94 bits per heavy atom. The monoisotopic (exact) mass is 316 g/mol. The Morgan fingerprint density at radius 2 is 2.29 bits per heavy atom. The molecule has 3 nitrogen and oxygen atoms in total. The number of nitrogens with one attached hydrogen (secondary N) is 1. The van der Waals surface area contributed by atoms with Crippen LogP contribution in [0.5, 0.6) is 0 Å². The van der Waals surface area contributed by atoms with Gasteiger partial charge >= 0.3 is 0 Å². The van der Waals surface area contributed by atoms with Crippen molar-refractivity contribution in [1.29, 1.82) is 0 Å². The highest BCUT2D eigenvalue weighted by Gasteiger charge is 2.04. The second-order valence-corrected chi connectivity index (χ2v) is 5.01. The van der Waals surface area contributed by atoms with Crippen molar-refractivity contribution < 1.29 is 4.74 Å². The van der Waals surface area contributed by atoms with Crippen LogP contribution in [0.2, 0.25) is 0 Å². The zero-order chi connectivity index (χ0) is 12.7. The second-order valence-electron chi connectivity index (χ2n) is 3.71. The molecule has 0 aliphatic heterocycles. The maximum Gasteiger partial charge on any atom is 0.169 e. The van der Waals surface area contributed by atoms with Gasteiger partial charge in [0, 0.05) is 31.7 Å². The van der Waals surface area contributed by atoms with E-state index in [4.69, 9.17) is 17.0 Å². The maximum atomic E-state index is 5.27. The first-order valence-corrected chi connectivity index (χ1v) is 6.56. The van der Waals surface area contributed by atoms with Crippen molar-refractivity contribution in [1.82, 2.24) is 10.2 Å². The van der Waals surface area contributed by atoms with Gasteiger partial charge in [0.1, 0.15) is 0 Å². The molecule has 0 heterocycles. The molecule has 0 unspecified atom stereocenters. The number of nitrogens with zero attached hydrogens (tertiary/aromatic N) is 1. The van der Waals surface area contributed by atoms with E-state index < -0.39 is 0 Å². The third kappa shape index (κ3) is 5.48. The van der Waals surface area contributed by atoms with Crippen LogP contribution in [0.15, 0.2) is 28.7 Å². The predicted octanol–water partition coefficient (Wildman–Crippen LogP) is 2.40. The summed E-state index contributed by atoms with van der Waals surface area (Å²) < 4.78 is 6.04. The fourth-order valence-corrected chi connectivity index (χ4v) is 1.99. The van der Waals surface area contributed by atoms with Crippen LogP contribution in [0.1, 0.15) is 5.56 Å². The molecular weight excluding hydrogens is 300 g/mol. The summed E-state index contributed by atoms with van der Waals surface area (Å²) >= 11 is 8.73. The molecule has 0 fully saturated rings. The minimum atomic E-state index is 0.658. The standard InChI is InChI=1S/C12H17BrN2OS/c1-15(12(17)14-6-7-16-2)9-10-4-3-5-11(13)8-10/h3-5,8H,6-7,9H2,1-2H3,(H,14,17). The molecular formula is C12H17BrN2OS. The molecule has 17 heavy (non-hydrogen) atoms. The SMILES string of the molecule is COCCNC(=S)N(C)Cc1cccc(Br)c1. The highest BCUT2D eigenvalue weighted by molar-refractivity contribution is 9.10. The Bertz CT molecular complexity index is 373. The molecule has 0 aromatic heterocycles. The van der Waals surface area contributed by atoms with Gasteiger partial charge in [-0.05, 0) is 29.9 Å². The molecule has 0 aliphatic carbocycles. The summed E-state index contributed by atoms with van der Waals surface area (Å²) in [4.78, 5) is 2.01. The summed E-state index contributed by atoms with van der Waals surface area (Å²) in [6, 6.07) is 8.21. The van der Waals surface area contributed by atoms with Crippen molar-refractivity contribution in [2.45, 2.75) is 6.54 Å². The van der Waals surface area contributed by atoms with Gasteiger partial charge in [-0.2, -0.15) is 0 Å². The Hall–Kier alpha value is -0.650. The zero-order valence-corrected chi connectivity index (χ0v) is 12.5. The molecule has 1 rings (SSSR count). The Labute approximate surface area is 116 Å². The van der Waals surface area contributed by atoms with Crippen molar-refractivity contribution in [3.05, 3.63) is 34.3 Å². The van der Waals surface area contributed by atoms with Gasteiger partial charge in [-0.25, -0.2) is 0 Å². The van der Waals surface area contributed by atoms with E-state index in [0.29, 0.717) is 6.61 Å². The highest BCUT2D eigenvalue weighted by atomic mass is 79.9. The lowest BCUT2D eigenvalue weighted by molar-refractivity contribution is 0.203. The summed E-state index contributed by atoms with van der Waals surface area (Å²) in [5.74, 6) is 0. The molecule has 0 spiro atoms. The summed E-state index contributed by atoms with van der Waals surface area (Å²) in [5, 5.41) is 3.88. The van der Waals surface area contributed by atoms with E-state index in [9.17, 15) is 0 Å².